The van der Waals surface area contributed by atoms with Crippen LogP contribution in [0.5, 0.6) is 0 Å². The first-order valence-electron chi connectivity index (χ1n) is 7.77. The predicted molar refractivity (Wildman–Crippen MR) is 88.3 cm³/mol. The highest BCUT2D eigenvalue weighted by atomic mass is 16.5. The molecule has 0 saturated heterocycles. The molecule has 5 heteroatoms. The minimum Gasteiger partial charge on any atom is -0.477 e. The van der Waals surface area contributed by atoms with Crippen molar-refractivity contribution in [3.05, 3.63) is 71.3 Å². The van der Waals surface area contributed by atoms with Gasteiger partial charge in [0, 0.05) is 13.0 Å². The van der Waals surface area contributed by atoms with E-state index in [0.29, 0.717) is 13.2 Å². The zero-order valence-corrected chi connectivity index (χ0v) is 12.7. The summed E-state index contributed by atoms with van der Waals surface area (Å²) < 4.78 is 13.0. The number of hydrogen-bond donors (Lipinski definition) is 3. The van der Waals surface area contributed by atoms with E-state index in [1.807, 2.05) is 54.6 Å². The van der Waals surface area contributed by atoms with Gasteiger partial charge in [0.15, 0.2) is 1.41 Å². The van der Waals surface area contributed by atoms with Gasteiger partial charge in [0.1, 0.15) is 5.71 Å². The minimum atomic E-state index is -1.21. The first-order valence-corrected chi connectivity index (χ1v) is 7.32. The Balaban J connectivity index is 2.17. The first-order chi connectivity index (χ1) is 11.6. The standard InChI is InChI=1S/C18H20N2O3/c19-11-13-6-8-15(9-7-13)17(10-16(20)18(21)22)23-12-14-4-2-1-3-5-14/h1-9,17,20H,10-12,19H2,(H,21,22)/b20-16+. The molecule has 0 fully saturated rings. The SMILES string of the molecule is [H]/N=C(\CC(OCc1ccccc1)c1ccc(CN)cc1)C(=O)O. The van der Waals surface area contributed by atoms with Gasteiger partial charge >= 0.3 is 5.97 Å². The number of carboxylic acid groups (broad SMARTS) is 1. The molecule has 5 nitrogen and oxygen atoms in total. The molecule has 2 aromatic rings. The molecular weight excluding hydrogens is 292 g/mol. The Kier molecular flexibility index (Phi) is 5.50. The van der Waals surface area contributed by atoms with Crippen molar-refractivity contribution in [1.82, 2.24) is 0 Å². The summed E-state index contributed by atoms with van der Waals surface area (Å²) in [6.45, 7) is 0.777. The molecule has 0 amide bonds. The summed E-state index contributed by atoms with van der Waals surface area (Å²) >= 11 is 0. The Morgan fingerprint density at radius 1 is 1.17 bits per heavy atom. The summed E-state index contributed by atoms with van der Waals surface area (Å²) in [6.07, 6.45) is -0.481. The lowest BCUT2D eigenvalue weighted by Crippen LogP contribution is -2.17. The zero-order chi connectivity index (χ0) is 17.4. The van der Waals surface area contributed by atoms with Crippen molar-refractivity contribution < 1.29 is 16.0 Å². The molecule has 0 saturated carbocycles. The van der Waals surface area contributed by atoms with Crippen LogP contribution in [0.25, 0.3) is 0 Å². The fourth-order valence-corrected chi connectivity index (χ4v) is 2.18. The van der Waals surface area contributed by atoms with Gasteiger partial charge in [-0.15, -0.1) is 0 Å². The molecule has 0 aromatic heterocycles. The molecular formula is C18H20N2O3. The third-order valence-corrected chi connectivity index (χ3v) is 3.51. The van der Waals surface area contributed by atoms with E-state index >= 15 is 0 Å². The van der Waals surface area contributed by atoms with Crippen molar-refractivity contribution >= 4 is 11.7 Å². The summed E-state index contributed by atoms with van der Waals surface area (Å²) in [6, 6.07) is 17.1. The fourth-order valence-electron chi connectivity index (χ4n) is 2.18. The molecule has 0 aliphatic carbocycles. The van der Waals surface area contributed by atoms with Gasteiger partial charge in [-0.05, 0) is 16.7 Å². The van der Waals surface area contributed by atoms with Crippen molar-refractivity contribution in [2.75, 3.05) is 0 Å². The van der Waals surface area contributed by atoms with E-state index in [-0.39, 0.29) is 12.1 Å². The highest BCUT2D eigenvalue weighted by molar-refractivity contribution is 6.34. The number of ether oxygens (including phenoxy) is 1. The molecule has 120 valence electrons. The largest absolute Gasteiger partial charge is 0.477 e. The quantitative estimate of drug-likeness (QED) is 0.653. The number of benzene rings is 2. The van der Waals surface area contributed by atoms with Crippen LogP contribution >= 0.6 is 0 Å². The number of carboxylic acids is 1. The van der Waals surface area contributed by atoms with Crippen molar-refractivity contribution in [2.45, 2.75) is 25.7 Å². The number of carbonyl (C=O) groups is 1. The molecule has 1 unspecified atom stereocenters. The molecule has 0 spiro atoms. The Hall–Kier alpha value is -2.50. The maximum Gasteiger partial charge on any atom is 0.349 e. The van der Waals surface area contributed by atoms with Crippen molar-refractivity contribution in [3.63, 3.8) is 0 Å². The highest BCUT2D eigenvalue weighted by Gasteiger charge is 2.18. The Labute approximate surface area is 136 Å². The summed E-state index contributed by atoms with van der Waals surface area (Å²) in [5.74, 6) is -1.21. The van der Waals surface area contributed by atoms with Crippen molar-refractivity contribution in [2.24, 2.45) is 5.73 Å². The summed E-state index contributed by atoms with van der Waals surface area (Å²) in [4.78, 5) is 11.1. The Bertz CT molecular complexity index is 687. The van der Waals surface area contributed by atoms with E-state index in [1.54, 1.807) is 0 Å². The normalized spacial score (nSPS) is 13.4. The van der Waals surface area contributed by atoms with Gasteiger partial charge in [-0.3, -0.25) is 5.40 Å². The molecule has 0 heterocycles. The predicted octanol–water partition coefficient (Wildman–Crippen LogP) is 2.90. The van der Waals surface area contributed by atoms with Crippen molar-refractivity contribution in [3.8, 4) is 0 Å². The second-order valence-corrected chi connectivity index (χ2v) is 5.19. The van der Waals surface area contributed by atoms with E-state index in [1.165, 1.54) is 0 Å². The van der Waals surface area contributed by atoms with Gasteiger partial charge in [-0.1, -0.05) is 54.6 Å². The maximum absolute atomic E-state index is 11.1. The minimum absolute atomic E-state index is 0.0215. The van der Waals surface area contributed by atoms with E-state index in [9.17, 15) is 4.79 Å². The molecule has 23 heavy (non-hydrogen) atoms. The highest BCUT2D eigenvalue weighted by Crippen LogP contribution is 2.24. The van der Waals surface area contributed by atoms with E-state index in [4.69, 9.17) is 17.0 Å². The number of nitrogens with one attached hydrogen (secondary N) is 1. The summed E-state index contributed by atoms with van der Waals surface area (Å²) in [5.41, 5.74) is 8.15. The second kappa shape index (κ2) is 8.22. The summed E-state index contributed by atoms with van der Waals surface area (Å²) in [7, 11) is 0. The Morgan fingerprint density at radius 3 is 2.43 bits per heavy atom. The van der Waals surface area contributed by atoms with Gasteiger partial charge in [0.25, 0.3) is 0 Å². The lowest BCUT2D eigenvalue weighted by Gasteiger charge is -2.18. The monoisotopic (exact) mass is 312 g/mol. The van der Waals surface area contributed by atoms with E-state index in [2.05, 4.69) is 5.40 Å². The Morgan fingerprint density at radius 2 is 1.87 bits per heavy atom. The van der Waals surface area contributed by atoms with Crippen LogP contribution in [-0.4, -0.2) is 16.8 Å². The van der Waals surface area contributed by atoms with Gasteiger partial charge in [-0.2, -0.15) is 0 Å². The molecule has 2 rings (SSSR count). The van der Waals surface area contributed by atoms with Crippen LogP contribution in [0.3, 0.4) is 0 Å². The van der Waals surface area contributed by atoms with Gasteiger partial charge in [0.2, 0.25) is 0 Å². The fraction of sp³-hybridized carbons (Fsp3) is 0.222. The first kappa shape index (κ1) is 15.4. The van der Waals surface area contributed by atoms with Crippen LogP contribution in [0.1, 0.15) is 29.2 Å². The molecule has 0 radical (unpaired) electrons. The van der Waals surface area contributed by atoms with Crippen molar-refractivity contribution in [1.29, 1.82) is 5.40 Å². The lowest BCUT2D eigenvalue weighted by atomic mass is 10.0. The van der Waals surface area contributed by atoms with E-state index in [0.717, 1.165) is 16.7 Å². The van der Waals surface area contributed by atoms with Crippen LogP contribution < -0.4 is 5.73 Å². The molecule has 2 aromatic carbocycles. The third-order valence-electron chi connectivity index (χ3n) is 3.51. The molecule has 0 aliphatic rings. The summed E-state index contributed by atoms with van der Waals surface area (Å²) in [5, 5.41) is 12.2. The second-order valence-electron chi connectivity index (χ2n) is 5.19. The average molecular weight is 312 g/mol. The number of aliphatic carboxylic acids is 1. The van der Waals surface area contributed by atoms with E-state index < -0.39 is 12.1 Å². The third kappa shape index (κ3) is 5.02. The van der Waals surface area contributed by atoms with Crippen LogP contribution in [-0.2, 0) is 22.7 Å². The molecule has 0 bridgehead atoms. The molecule has 4 N–H and O–H groups in total. The molecule has 0 aliphatic heterocycles. The van der Waals surface area contributed by atoms with Crippen LogP contribution in [0, 0.1) is 5.40 Å². The lowest BCUT2D eigenvalue weighted by molar-refractivity contribution is -0.129. The van der Waals surface area contributed by atoms with Gasteiger partial charge in [-0.25, -0.2) is 4.79 Å². The number of nitrogens with two attached hydrogens (primary N) is 1. The van der Waals surface area contributed by atoms with Crippen LogP contribution in [0.4, 0.5) is 0 Å². The molecule has 1 atom stereocenters. The van der Waals surface area contributed by atoms with Gasteiger partial charge < -0.3 is 15.6 Å². The van der Waals surface area contributed by atoms with Gasteiger partial charge in [0.05, 0.1) is 12.7 Å². The van der Waals surface area contributed by atoms with Crippen LogP contribution in [0.15, 0.2) is 54.6 Å². The average Bonchev–Trinajstić information content (AvgIpc) is 2.62. The smallest absolute Gasteiger partial charge is 0.349 e. The number of rotatable bonds is 8. The zero-order valence-electron chi connectivity index (χ0n) is 13.7. The van der Waals surface area contributed by atoms with Crippen LogP contribution in [0.2, 0.25) is 1.41 Å². The number of hydrogen-bond acceptors (Lipinski definition) is 4. The maximum atomic E-state index is 11.1. The topological polar surface area (TPSA) is 96.4 Å².